The fraction of sp³-hybridized carbons (Fsp3) is 0.211. The maximum atomic E-state index is 12.9. The van der Waals surface area contributed by atoms with E-state index in [0.717, 1.165) is 22.2 Å². The Morgan fingerprint density at radius 1 is 1.15 bits per heavy atom. The number of anilines is 1. The summed E-state index contributed by atoms with van der Waals surface area (Å²) in [6.07, 6.45) is 0.705. The average Bonchev–Trinajstić information content (AvgIpc) is 3.10. The van der Waals surface area contributed by atoms with Crippen molar-refractivity contribution in [3.8, 4) is 0 Å². The molecule has 8 heteroatoms. The van der Waals surface area contributed by atoms with Gasteiger partial charge >= 0.3 is 0 Å². The van der Waals surface area contributed by atoms with Gasteiger partial charge in [0.05, 0.1) is 16.1 Å². The minimum Gasteiger partial charge on any atom is -0.307 e. The van der Waals surface area contributed by atoms with E-state index in [1.807, 2.05) is 31.2 Å². The monoisotopic (exact) mass is 365 g/mol. The van der Waals surface area contributed by atoms with Crippen LogP contribution in [0.4, 0.5) is 11.4 Å². The number of imide groups is 1. The van der Waals surface area contributed by atoms with Crippen LogP contribution >= 0.6 is 0 Å². The number of nitro groups is 1. The first kappa shape index (κ1) is 16.9. The lowest BCUT2D eigenvalue weighted by atomic mass is 10.1. The predicted octanol–water partition coefficient (Wildman–Crippen LogP) is 2.17. The Morgan fingerprint density at radius 3 is 2.59 bits per heavy atom. The average molecular weight is 365 g/mol. The Hall–Kier alpha value is -3.55. The summed E-state index contributed by atoms with van der Waals surface area (Å²) >= 11 is 0. The number of nitro benzene ring substituents is 1. The minimum atomic E-state index is -0.688. The molecule has 4 rings (SSSR count). The van der Waals surface area contributed by atoms with Gasteiger partial charge in [-0.25, -0.2) is 0 Å². The van der Waals surface area contributed by atoms with Crippen molar-refractivity contribution >= 4 is 29.1 Å². The molecule has 1 atom stereocenters. The summed E-state index contributed by atoms with van der Waals surface area (Å²) in [5, 5.41) is 10.9. The number of non-ortho nitro benzene ring substituents is 1. The van der Waals surface area contributed by atoms with E-state index in [1.54, 1.807) is 4.90 Å². The molecule has 0 unspecified atom stereocenters. The van der Waals surface area contributed by atoms with Crippen LogP contribution in [-0.4, -0.2) is 40.1 Å². The van der Waals surface area contributed by atoms with Gasteiger partial charge in [-0.1, -0.05) is 18.2 Å². The second kappa shape index (κ2) is 6.01. The minimum absolute atomic E-state index is 0.0446. The maximum absolute atomic E-state index is 12.9. The van der Waals surface area contributed by atoms with E-state index in [2.05, 4.69) is 0 Å². The molecule has 8 nitrogen and oxygen atoms in total. The predicted molar refractivity (Wildman–Crippen MR) is 95.6 cm³/mol. The van der Waals surface area contributed by atoms with Crippen LogP contribution in [0, 0.1) is 10.1 Å². The molecule has 2 aromatic rings. The normalized spacial score (nSPS) is 17.9. The number of carbonyl (C=O) groups excluding carboxylic acids is 3. The third kappa shape index (κ3) is 2.57. The topological polar surface area (TPSA) is 101 Å². The second-order valence-electron chi connectivity index (χ2n) is 6.63. The fourth-order valence-electron chi connectivity index (χ4n) is 3.69. The summed E-state index contributed by atoms with van der Waals surface area (Å²) in [4.78, 5) is 50.7. The zero-order valence-electron chi connectivity index (χ0n) is 14.4. The standard InChI is InChI=1S/C19H15N3O5/c1-11-8-12-4-2-3-5-16(12)21(11)17(23)10-20-18(24)14-7-6-13(22(26)27)9-15(14)19(20)25/h2-7,9,11H,8,10H2,1H3/t11-/m1/s1. The summed E-state index contributed by atoms with van der Waals surface area (Å²) in [5.74, 6) is -1.66. The van der Waals surface area contributed by atoms with Crippen molar-refractivity contribution < 1.29 is 19.3 Å². The third-order valence-corrected chi connectivity index (χ3v) is 4.93. The summed E-state index contributed by atoms with van der Waals surface area (Å²) in [6, 6.07) is 10.9. The zero-order chi connectivity index (χ0) is 19.3. The lowest BCUT2D eigenvalue weighted by Crippen LogP contribution is -2.45. The van der Waals surface area contributed by atoms with Crippen LogP contribution in [0.2, 0.25) is 0 Å². The van der Waals surface area contributed by atoms with Gasteiger partial charge in [-0.15, -0.1) is 0 Å². The maximum Gasteiger partial charge on any atom is 0.270 e. The lowest BCUT2D eigenvalue weighted by Gasteiger charge is -2.25. The molecule has 0 N–H and O–H groups in total. The number of carbonyl (C=O) groups is 3. The summed E-state index contributed by atoms with van der Waals surface area (Å²) < 4.78 is 0. The van der Waals surface area contributed by atoms with E-state index in [1.165, 1.54) is 12.1 Å². The molecule has 0 saturated carbocycles. The molecule has 2 heterocycles. The van der Waals surface area contributed by atoms with Crippen LogP contribution in [0.3, 0.4) is 0 Å². The van der Waals surface area contributed by atoms with Gasteiger partial charge in [0, 0.05) is 23.9 Å². The van der Waals surface area contributed by atoms with E-state index in [-0.39, 0.29) is 28.8 Å². The smallest absolute Gasteiger partial charge is 0.270 e. The van der Waals surface area contributed by atoms with Crippen LogP contribution in [-0.2, 0) is 11.2 Å². The molecule has 0 saturated heterocycles. The molecule has 2 aliphatic heterocycles. The largest absolute Gasteiger partial charge is 0.307 e. The molecule has 136 valence electrons. The van der Waals surface area contributed by atoms with Crippen LogP contribution in [0.15, 0.2) is 42.5 Å². The lowest BCUT2D eigenvalue weighted by molar-refractivity contribution is -0.384. The van der Waals surface area contributed by atoms with Crippen LogP contribution in [0.5, 0.6) is 0 Å². The van der Waals surface area contributed by atoms with Gasteiger partial charge in [-0.3, -0.25) is 29.4 Å². The number of benzene rings is 2. The molecule has 0 radical (unpaired) electrons. The van der Waals surface area contributed by atoms with Crippen molar-refractivity contribution in [1.29, 1.82) is 0 Å². The Kier molecular flexibility index (Phi) is 3.76. The van der Waals surface area contributed by atoms with Gasteiger partial charge in [-0.2, -0.15) is 0 Å². The summed E-state index contributed by atoms with van der Waals surface area (Å²) in [7, 11) is 0. The molecule has 2 aromatic carbocycles. The van der Waals surface area contributed by atoms with Crippen molar-refractivity contribution in [2.45, 2.75) is 19.4 Å². The van der Waals surface area contributed by atoms with Crippen molar-refractivity contribution in [1.82, 2.24) is 4.90 Å². The SMILES string of the molecule is C[C@@H]1Cc2ccccc2N1C(=O)CN1C(=O)c2ccc([N+](=O)[O-])cc2C1=O. The molecule has 2 aliphatic rings. The first-order chi connectivity index (χ1) is 12.9. The number of rotatable bonds is 3. The molecule has 0 fully saturated rings. The van der Waals surface area contributed by atoms with Crippen LogP contribution < -0.4 is 4.90 Å². The fourth-order valence-corrected chi connectivity index (χ4v) is 3.69. The first-order valence-corrected chi connectivity index (χ1v) is 8.43. The molecule has 0 aliphatic carbocycles. The molecule has 0 aromatic heterocycles. The van der Waals surface area contributed by atoms with Crippen molar-refractivity contribution in [3.63, 3.8) is 0 Å². The van der Waals surface area contributed by atoms with E-state index in [9.17, 15) is 24.5 Å². The molecular weight excluding hydrogens is 350 g/mol. The summed E-state index contributed by atoms with van der Waals surface area (Å²) in [6.45, 7) is 1.50. The highest BCUT2D eigenvalue weighted by atomic mass is 16.6. The Labute approximate surface area is 154 Å². The Morgan fingerprint density at radius 2 is 1.85 bits per heavy atom. The van der Waals surface area contributed by atoms with E-state index < -0.39 is 23.3 Å². The van der Waals surface area contributed by atoms with Gasteiger partial charge < -0.3 is 4.90 Å². The number of amides is 3. The van der Waals surface area contributed by atoms with E-state index >= 15 is 0 Å². The molecule has 0 bridgehead atoms. The highest BCUT2D eigenvalue weighted by molar-refractivity contribution is 6.23. The third-order valence-electron chi connectivity index (χ3n) is 4.93. The van der Waals surface area contributed by atoms with Gasteiger partial charge in [0.15, 0.2) is 0 Å². The van der Waals surface area contributed by atoms with Gasteiger partial charge in [0.1, 0.15) is 6.54 Å². The van der Waals surface area contributed by atoms with Crippen molar-refractivity contribution in [2.75, 3.05) is 11.4 Å². The quantitative estimate of drug-likeness (QED) is 0.471. The molecule has 3 amide bonds. The van der Waals surface area contributed by atoms with E-state index in [4.69, 9.17) is 0 Å². The Bertz CT molecular complexity index is 1020. The van der Waals surface area contributed by atoms with Crippen LogP contribution in [0.1, 0.15) is 33.2 Å². The van der Waals surface area contributed by atoms with Gasteiger partial charge in [0.25, 0.3) is 17.5 Å². The Balaban J connectivity index is 1.60. The molecule has 0 spiro atoms. The van der Waals surface area contributed by atoms with Crippen LogP contribution in [0.25, 0.3) is 0 Å². The number of fused-ring (bicyclic) bond motifs is 2. The highest BCUT2D eigenvalue weighted by Crippen LogP contribution is 2.33. The van der Waals surface area contributed by atoms with Gasteiger partial charge in [-0.05, 0) is 31.0 Å². The first-order valence-electron chi connectivity index (χ1n) is 8.43. The number of para-hydroxylation sites is 1. The molecular formula is C19H15N3O5. The number of hydrogen-bond acceptors (Lipinski definition) is 5. The zero-order valence-corrected chi connectivity index (χ0v) is 14.4. The second-order valence-corrected chi connectivity index (χ2v) is 6.63. The molecule has 27 heavy (non-hydrogen) atoms. The number of hydrogen-bond donors (Lipinski definition) is 0. The number of nitrogens with zero attached hydrogens (tertiary/aromatic N) is 3. The van der Waals surface area contributed by atoms with Gasteiger partial charge in [0.2, 0.25) is 5.91 Å². The summed E-state index contributed by atoms with van der Waals surface area (Å²) in [5.41, 5.74) is 1.58. The van der Waals surface area contributed by atoms with E-state index in [0.29, 0.717) is 6.42 Å². The van der Waals surface area contributed by atoms with Crippen molar-refractivity contribution in [3.05, 3.63) is 69.3 Å². The van der Waals surface area contributed by atoms with Crippen molar-refractivity contribution in [2.24, 2.45) is 0 Å². The highest BCUT2D eigenvalue weighted by Gasteiger charge is 2.40.